The van der Waals surface area contributed by atoms with Gasteiger partial charge in [0.15, 0.2) is 0 Å². The number of hydrogen-bond acceptors (Lipinski definition) is 2. The summed E-state index contributed by atoms with van der Waals surface area (Å²) < 4.78 is 13.3. The first kappa shape index (κ1) is 10.9. The molecule has 1 saturated carbocycles. The third-order valence-electron chi connectivity index (χ3n) is 3.16. The number of nitrogens with one attached hydrogen (secondary N) is 1. The number of rotatable bonds is 3. The van der Waals surface area contributed by atoms with Gasteiger partial charge in [0.2, 0.25) is 0 Å². The number of nitrogens with zero attached hydrogens (tertiary/aromatic N) is 1. The molecule has 1 aromatic rings. The molecule has 0 unspecified atom stereocenters. The van der Waals surface area contributed by atoms with Gasteiger partial charge in [-0.2, -0.15) is 5.26 Å². The zero-order valence-corrected chi connectivity index (χ0v) is 9.17. The summed E-state index contributed by atoms with van der Waals surface area (Å²) in [5.41, 5.74) is 0.870. The monoisotopic (exact) mass is 218 g/mol. The van der Waals surface area contributed by atoms with Crippen molar-refractivity contribution in [2.24, 2.45) is 5.92 Å². The minimum Gasteiger partial charge on any atom is -0.385 e. The molecule has 0 aliphatic heterocycles. The smallest absolute Gasteiger partial charge is 0.143 e. The molecule has 84 valence electrons. The van der Waals surface area contributed by atoms with Crippen molar-refractivity contribution in [3.63, 3.8) is 0 Å². The van der Waals surface area contributed by atoms with Crippen LogP contribution in [0, 0.1) is 23.1 Å². The maximum absolute atomic E-state index is 13.3. The Morgan fingerprint density at radius 1 is 1.38 bits per heavy atom. The average Bonchev–Trinajstić information content (AvgIpc) is 2.79. The van der Waals surface area contributed by atoms with Crippen LogP contribution in [0.15, 0.2) is 18.2 Å². The second kappa shape index (κ2) is 4.98. The van der Waals surface area contributed by atoms with Gasteiger partial charge < -0.3 is 5.32 Å². The molecular weight excluding hydrogens is 203 g/mol. The molecule has 3 heteroatoms. The van der Waals surface area contributed by atoms with Gasteiger partial charge in [0.1, 0.15) is 11.9 Å². The van der Waals surface area contributed by atoms with Crippen LogP contribution in [0.3, 0.4) is 0 Å². The molecular formula is C13H15FN2. The van der Waals surface area contributed by atoms with Crippen molar-refractivity contribution in [3.05, 3.63) is 29.6 Å². The molecule has 1 N–H and O–H groups in total. The van der Waals surface area contributed by atoms with E-state index in [9.17, 15) is 4.39 Å². The maximum Gasteiger partial charge on any atom is 0.143 e. The Kier molecular flexibility index (Phi) is 3.40. The fourth-order valence-electron chi connectivity index (χ4n) is 2.19. The second-order valence-electron chi connectivity index (χ2n) is 4.34. The van der Waals surface area contributed by atoms with Crippen LogP contribution in [0.25, 0.3) is 0 Å². The van der Waals surface area contributed by atoms with Gasteiger partial charge in [-0.15, -0.1) is 0 Å². The highest BCUT2D eigenvalue weighted by Gasteiger charge is 2.14. The lowest BCUT2D eigenvalue weighted by Crippen LogP contribution is -2.11. The van der Waals surface area contributed by atoms with Crippen molar-refractivity contribution in [3.8, 4) is 6.07 Å². The van der Waals surface area contributed by atoms with E-state index in [4.69, 9.17) is 5.26 Å². The highest BCUT2D eigenvalue weighted by molar-refractivity contribution is 5.48. The SMILES string of the molecule is N#Cc1ccc(NCC2CCCC2)cc1F. The van der Waals surface area contributed by atoms with E-state index in [0.29, 0.717) is 0 Å². The molecule has 0 amide bonds. The molecule has 0 saturated heterocycles. The minimum atomic E-state index is -0.445. The van der Waals surface area contributed by atoms with Crippen molar-refractivity contribution < 1.29 is 4.39 Å². The van der Waals surface area contributed by atoms with Crippen molar-refractivity contribution in [1.29, 1.82) is 5.26 Å². The van der Waals surface area contributed by atoms with E-state index >= 15 is 0 Å². The molecule has 0 spiro atoms. The second-order valence-corrected chi connectivity index (χ2v) is 4.34. The standard InChI is InChI=1S/C13H15FN2/c14-13-7-12(6-5-11(13)8-15)16-9-10-3-1-2-4-10/h5-7,10,16H,1-4,9H2. The Bertz CT molecular complexity index is 403. The summed E-state index contributed by atoms with van der Waals surface area (Å²) in [6, 6.07) is 6.49. The van der Waals surface area contributed by atoms with E-state index in [0.717, 1.165) is 18.2 Å². The molecule has 1 aliphatic carbocycles. The van der Waals surface area contributed by atoms with Gasteiger partial charge in [-0.1, -0.05) is 12.8 Å². The van der Waals surface area contributed by atoms with E-state index in [2.05, 4.69) is 5.32 Å². The molecule has 0 aromatic heterocycles. The van der Waals surface area contributed by atoms with Crippen molar-refractivity contribution in [2.75, 3.05) is 11.9 Å². The fourth-order valence-corrected chi connectivity index (χ4v) is 2.19. The molecule has 0 heterocycles. The summed E-state index contributed by atoms with van der Waals surface area (Å²) in [6.45, 7) is 0.908. The molecule has 16 heavy (non-hydrogen) atoms. The summed E-state index contributed by atoms with van der Waals surface area (Å²) in [7, 11) is 0. The summed E-state index contributed by atoms with van der Waals surface area (Å²) in [5, 5.41) is 11.8. The number of benzene rings is 1. The van der Waals surface area contributed by atoms with Crippen molar-refractivity contribution >= 4 is 5.69 Å². The first-order valence-electron chi connectivity index (χ1n) is 5.73. The molecule has 0 radical (unpaired) electrons. The van der Waals surface area contributed by atoms with Crippen LogP contribution in [0.2, 0.25) is 0 Å². The molecule has 2 rings (SSSR count). The van der Waals surface area contributed by atoms with Crippen molar-refractivity contribution in [1.82, 2.24) is 0 Å². The van der Waals surface area contributed by atoms with Gasteiger partial charge in [0.05, 0.1) is 5.56 Å². The topological polar surface area (TPSA) is 35.8 Å². The van der Waals surface area contributed by atoms with Gasteiger partial charge in [0.25, 0.3) is 0 Å². The van der Waals surface area contributed by atoms with Gasteiger partial charge in [0, 0.05) is 12.2 Å². The Balaban J connectivity index is 1.94. The number of hydrogen-bond donors (Lipinski definition) is 1. The third kappa shape index (κ3) is 2.52. The van der Waals surface area contributed by atoms with Crippen LogP contribution in [-0.2, 0) is 0 Å². The van der Waals surface area contributed by atoms with Crippen LogP contribution in [0.5, 0.6) is 0 Å². The number of anilines is 1. The molecule has 1 fully saturated rings. The zero-order chi connectivity index (χ0) is 11.4. The lowest BCUT2D eigenvalue weighted by atomic mass is 10.1. The predicted molar refractivity (Wildman–Crippen MR) is 61.6 cm³/mol. The summed E-state index contributed by atoms with van der Waals surface area (Å²) in [5.74, 6) is 0.276. The Morgan fingerprint density at radius 2 is 2.12 bits per heavy atom. The average molecular weight is 218 g/mol. The summed E-state index contributed by atoms with van der Waals surface area (Å²) >= 11 is 0. The van der Waals surface area contributed by atoms with Crippen LogP contribution in [0.4, 0.5) is 10.1 Å². The largest absolute Gasteiger partial charge is 0.385 e. The lowest BCUT2D eigenvalue weighted by Gasteiger charge is -2.11. The van der Waals surface area contributed by atoms with E-state index in [1.807, 2.05) is 6.07 Å². The van der Waals surface area contributed by atoms with E-state index in [1.54, 1.807) is 6.07 Å². The Labute approximate surface area is 95.1 Å². The first-order chi connectivity index (χ1) is 7.79. The summed E-state index contributed by atoms with van der Waals surface area (Å²) in [4.78, 5) is 0. The van der Waals surface area contributed by atoms with E-state index < -0.39 is 5.82 Å². The maximum atomic E-state index is 13.3. The lowest BCUT2D eigenvalue weighted by molar-refractivity contribution is 0.579. The Hall–Kier alpha value is -1.56. The Morgan fingerprint density at radius 3 is 2.75 bits per heavy atom. The highest BCUT2D eigenvalue weighted by atomic mass is 19.1. The van der Waals surface area contributed by atoms with Crippen LogP contribution >= 0.6 is 0 Å². The van der Waals surface area contributed by atoms with E-state index in [1.165, 1.54) is 37.8 Å². The van der Waals surface area contributed by atoms with Crippen LogP contribution in [0.1, 0.15) is 31.2 Å². The van der Waals surface area contributed by atoms with E-state index in [-0.39, 0.29) is 5.56 Å². The molecule has 1 aliphatic rings. The zero-order valence-electron chi connectivity index (χ0n) is 9.17. The van der Waals surface area contributed by atoms with Gasteiger partial charge >= 0.3 is 0 Å². The number of nitriles is 1. The van der Waals surface area contributed by atoms with Gasteiger partial charge in [-0.05, 0) is 37.0 Å². The van der Waals surface area contributed by atoms with Crippen molar-refractivity contribution in [2.45, 2.75) is 25.7 Å². The molecule has 1 aromatic carbocycles. The molecule has 0 bridgehead atoms. The van der Waals surface area contributed by atoms with Gasteiger partial charge in [-0.3, -0.25) is 0 Å². The van der Waals surface area contributed by atoms with Gasteiger partial charge in [-0.25, -0.2) is 4.39 Å². The normalized spacial score (nSPS) is 16.0. The first-order valence-corrected chi connectivity index (χ1v) is 5.73. The number of halogens is 1. The molecule has 0 atom stereocenters. The molecule has 2 nitrogen and oxygen atoms in total. The third-order valence-corrected chi connectivity index (χ3v) is 3.16. The quantitative estimate of drug-likeness (QED) is 0.844. The highest BCUT2D eigenvalue weighted by Crippen LogP contribution is 2.25. The predicted octanol–water partition coefficient (Wildman–Crippen LogP) is 3.30. The minimum absolute atomic E-state index is 0.103. The van der Waals surface area contributed by atoms with Crippen LogP contribution < -0.4 is 5.32 Å². The fraction of sp³-hybridized carbons (Fsp3) is 0.462. The van der Waals surface area contributed by atoms with Crippen LogP contribution in [-0.4, -0.2) is 6.54 Å². The summed E-state index contributed by atoms with van der Waals surface area (Å²) in [6.07, 6.45) is 5.17.